The third-order valence-corrected chi connectivity index (χ3v) is 3.46. The topological polar surface area (TPSA) is 84.9 Å². The van der Waals surface area contributed by atoms with E-state index in [4.69, 9.17) is 14.6 Å². The normalized spacial score (nSPS) is 17.2. The molecule has 0 saturated carbocycles. The van der Waals surface area contributed by atoms with Crippen LogP contribution in [0.3, 0.4) is 0 Å². The van der Waals surface area contributed by atoms with Gasteiger partial charge in [-0.3, -0.25) is 4.79 Å². The first-order chi connectivity index (χ1) is 10.6. The van der Waals surface area contributed by atoms with Crippen LogP contribution < -0.4 is 10.1 Å². The number of hydrogen-bond acceptors (Lipinski definition) is 4. The number of carboxylic acid groups (broad SMARTS) is 1. The number of aliphatic carboxylic acids is 1. The van der Waals surface area contributed by atoms with Crippen LogP contribution in [0.1, 0.15) is 24.8 Å². The van der Waals surface area contributed by atoms with Gasteiger partial charge in [-0.1, -0.05) is 12.1 Å². The first-order valence-corrected chi connectivity index (χ1v) is 7.45. The zero-order valence-electron chi connectivity index (χ0n) is 12.4. The van der Waals surface area contributed by atoms with E-state index < -0.39 is 5.97 Å². The molecule has 1 fully saturated rings. The van der Waals surface area contributed by atoms with Gasteiger partial charge in [0.2, 0.25) is 5.91 Å². The van der Waals surface area contributed by atoms with Gasteiger partial charge in [0.25, 0.3) is 0 Å². The molecule has 0 radical (unpaired) electrons. The van der Waals surface area contributed by atoms with Gasteiger partial charge in [-0.15, -0.1) is 0 Å². The summed E-state index contributed by atoms with van der Waals surface area (Å²) in [6, 6.07) is 7.19. The SMILES string of the molecule is O=C(O)COc1ccc(CCNC(=O)CC2CCCO2)cc1. The summed E-state index contributed by atoms with van der Waals surface area (Å²) < 4.78 is 10.5. The van der Waals surface area contributed by atoms with E-state index in [9.17, 15) is 9.59 Å². The van der Waals surface area contributed by atoms with E-state index in [0.29, 0.717) is 18.7 Å². The highest BCUT2D eigenvalue weighted by molar-refractivity contribution is 5.76. The Balaban J connectivity index is 1.65. The number of benzene rings is 1. The van der Waals surface area contributed by atoms with Crippen LogP contribution in [0.15, 0.2) is 24.3 Å². The summed E-state index contributed by atoms with van der Waals surface area (Å²) in [6.45, 7) is 0.980. The van der Waals surface area contributed by atoms with Gasteiger partial charge in [0.1, 0.15) is 5.75 Å². The van der Waals surface area contributed by atoms with Crippen molar-refractivity contribution < 1.29 is 24.2 Å². The molecule has 2 N–H and O–H groups in total. The van der Waals surface area contributed by atoms with Crippen molar-refractivity contribution in [3.63, 3.8) is 0 Å². The van der Waals surface area contributed by atoms with Gasteiger partial charge in [0.05, 0.1) is 12.5 Å². The maximum Gasteiger partial charge on any atom is 0.341 e. The zero-order chi connectivity index (χ0) is 15.8. The molecule has 120 valence electrons. The summed E-state index contributed by atoms with van der Waals surface area (Å²) in [6.07, 6.45) is 3.23. The van der Waals surface area contributed by atoms with Crippen molar-refractivity contribution >= 4 is 11.9 Å². The minimum atomic E-state index is -1.00. The van der Waals surface area contributed by atoms with Crippen LogP contribution >= 0.6 is 0 Å². The molecule has 0 spiro atoms. The Hall–Kier alpha value is -2.08. The monoisotopic (exact) mass is 307 g/mol. The summed E-state index contributed by atoms with van der Waals surface area (Å²) >= 11 is 0. The number of amides is 1. The van der Waals surface area contributed by atoms with E-state index in [2.05, 4.69) is 5.32 Å². The second-order valence-corrected chi connectivity index (χ2v) is 5.27. The predicted octanol–water partition coefficient (Wildman–Crippen LogP) is 1.38. The van der Waals surface area contributed by atoms with Gasteiger partial charge in [-0.25, -0.2) is 4.79 Å². The van der Waals surface area contributed by atoms with Crippen LogP contribution in [0.4, 0.5) is 0 Å². The number of carbonyl (C=O) groups is 2. The number of rotatable bonds is 8. The number of ether oxygens (including phenoxy) is 2. The quantitative estimate of drug-likeness (QED) is 0.758. The number of carboxylic acids is 1. The maximum absolute atomic E-state index is 11.7. The predicted molar refractivity (Wildman–Crippen MR) is 79.9 cm³/mol. The molecule has 22 heavy (non-hydrogen) atoms. The Bertz CT molecular complexity index is 494. The first-order valence-electron chi connectivity index (χ1n) is 7.45. The fourth-order valence-electron chi connectivity index (χ4n) is 2.33. The molecule has 1 aliphatic rings. The van der Waals surface area contributed by atoms with Crippen LogP contribution in [0.2, 0.25) is 0 Å². The average Bonchev–Trinajstić information content (AvgIpc) is 2.99. The van der Waals surface area contributed by atoms with Crippen molar-refractivity contribution in [2.75, 3.05) is 19.8 Å². The van der Waals surface area contributed by atoms with Crippen LogP contribution in [-0.4, -0.2) is 42.8 Å². The highest BCUT2D eigenvalue weighted by Crippen LogP contribution is 2.15. The molecule has 1 aromatic carbocycles. The third-order valence-electron chi connectivity index (χ3n) is 3.46. The Morgan fingerprint density at radius 3 is 2.73 bits per heavy atom. The summed E-state index contributed by atoms with van der Waals surface area (Å²) in [7, 11) is 0. The van der Waals surface area contributed by atoms with E-state index in [-0.39, 0.29) is 18.6 Å². The first kappa shape index (κ1) is 16.3. The number of carbonyl (C=O) groups excluding carboxylic acids is 1. The van der Waals surface area contributed by atoms with E-state index in [0.717, 1.165) is 31.4 Å². The van der Waals surface area contributed by atoms with Crippen molar-refractivity contribution in [3.05, 3.63) is 29.8 Å². The lowest BCUT2D eigenvalue weighted by Gasteiger charge is -2.10. The molecule has 1 heterocycles. The summed E-state index contributed by atoms with van der Waals surface area (Å²) in [5.41, 5.74) is 1.06. The van der Waals surface area contributed by atoms with Gasteiger partial charge >= 0.3 is 5.97 Å². The lowest BCUT2D eigenvalue weighted by molar-refractivity contribution is -0.139. The van der Waals surface area contributed by atoms with Gasteiger partial charge in [-0.05, 0) is 37.0 Å². The smallest absolute Gasteiger partial charge is 0.341 e. The van der Waals surface area contributed by atoms with E-state index in [1.54, 1.807) is 12.1 Å². The van der Waals surface area contributed by atoms with Crippen LogP contribution in [0, 0.1) is 0 Å². The van der Waals surface area contributed by atoms with Crippen molar-refractivity contribution in [1.29, 1.82) is 0 Å². The van der Waals surface area contributed by atoms with E-state index in [1.165, 1.54) is 0 Å². The summed E-state index contributed by atoms with van der Waals surface area (Å²) in [4.78, 5) is 22.1. The second-order valence-electron chi connectivity index (χ2n) is 5.27. The van der Waals surface area contributed by atoms with Gasteiger partial charge in [0.15, 0.2) is 6.61 Å². The Morgan fingerprint density at radius 2 is 2.09 bits per heavy atom. The Labute approximate surface area is 129 Å². The lowest BCUT2D eigenvalue weighted by atomic mass is 10.1. The van der Waals surface area contributed by atoms with Gasteiger partial charge in [-0.2, -0.15) is 0 Å². The minimum absolute atomic E-state index is 0.0216. The number of nitrogens with one attached hydrogen (secondary N) is 1. The molecule has 1 amide bonds. The lowest BCUT2D eigenvalue weighted by Crippen LogP contribution is -2.28. The molecular weight excluding hydrogens is 286 g/mol. The largest absolute Gasteiger partial charge is 0.482 e. The standard InChI is InChI=1S/C16H21NO5/c18-15(10-14-2-1-9-21-14)17-8-7-12-3-5-13(6-4-12)22-11-16(19)20/h3-6,14H,1-2,7-11H2,(H,17,18)(H,19,20). The van der Waals surface area contributed by atoms with Crippen molar-refractivity contribution in [3.8, 4) is 5.75 Å². The molecule has 0 bridgehead atoms. The molecule has 6 heteroatoms. The third kappa shape index (κ3) is 5.73. The Morgan fingerprint density at radius 1 is 1.32 bits per heavy atom. The van der Waals surface area contributed by atoms with Crippen molar-refractivity contribution in [2.45, 2.75) is 31.8 Å². The molecule has 1 aromatic rings. The molecular formula is C16H21NO5. The zero-order valence-corrected chi connectivity index (χ0v) is 12.4. The Kier molecular flexibility index (Phi) is 6.21. The molecule has 2 rings (SSSR count). The molecule has 6 nitrogen and oxygen atoms in total. The van der Waals surface area contributed by atoms with Crippen LogP contribution in [0.25, 0.3) is 0 Å². The molecule has 1 aliphatic heterocycles. The molecule has 1 atom stereocenters. The van der Waals surface area contributed by atoms with Crippen LogP contribution in [0.5, 0.6) is 5.75 Å². The number of hydrogen-bond donors (Lipinski definition) is 2. The summed E-state index contributed by atoms with van der Waals surface area (Å²) in [5.74, 6) is -0.458. The van der Waals surface area contributed by atoms with Gasteiger partial charge < -0.3 is 19.9 Å². The summed E-state index contributed by atoms with van der Waals surface area (Å²) in [5, 5.41) is 11.4. The maximum atomic E-state index is 11.7. The van der Waals surface area contributed by atoms with Crippen molar-refractivity contribution in [2.24, 2.45) is 0 Å². The highest BCUT2D eigenvalue weighted by atomic mass is 16.5. The van der Waals surface area contributed by atoms with Gasteiger partial charge in [0, 0.05) is 13.2 Å². The average molecular weight is 307 g/mol. The van der Waals surface area contributed by atoms with Crippen molar-refractivity contribution in [1.82, 2.24) is 5.32 Å². The molecule has 0 aromatic heterocycles. The second kappa shape index (κ2) is 8.38. The minimum Gasteiger partial charge on any atom is -0.482 e. The van der Waals surface area contributed by atoms with E-state index in [1.807, 2.05) is 12.1 Å². The highest BCUT2D eigenvalue weighted by Gasteiger charge is 2.18. The molecule has 1 saturated heterocycles. The molecule has 0 aliphatic carbocycles. The van der Waals surface area contributed by atoms with Crippen LogP contribution in [-0.2, 0) is 20.7 Å². The van der Waals surface area contributed by atoms with E-state index >= 15 is 0 Å². The molecule has 1 unspecified atom stereocenters. The fourth-order valence-corrected chi connectivity index (χ4v) is 2.33. The fraction of sp³-hybridized carbons (Fsp3) is 0.500.